The molecule has 46 valence electrons. The molecule has 0 radical (unpaired) electrons. The Morgan fingerprint density at radius 3 is 1.75 bits per heavy atom. The van der Waals surface area contributed by atoms with Gasteiger partial charge in [-0.25, -0.2) is 0 Å². The van der Waals surface area contributed by atoms with Gasteiger partial charge in [0.2, 0.25) is 0 Å². The number of rotatable bonds is 2. The van der Waals surface area contributed by atoms with Crippen molar-refractivity contribution in [1.82, 2.24) is 4.90 Å². The van der Waals surface area contributed by atoms with Gasteiger partial charge < -0.3 is 28.8 Å². The summed E-state index contributed by atoms with van der Waals surface area (Å²) in [6.45, 7) is 4.78. The second-order valence-corrected chi connectivity index (χ2v) is 1.66. The Labute approximate surface area is 78.7 Å². The van der Waals surface area contributed by atoms with E-state index in [9.17, 15) is 0 Å². The SMILES string of the molecule is [Br-].[CH2-]CCN(C)C.[Mg+2]. The van der Waals surface area contributed by atoms with Gasteiger partial charge in [-0.3, -0.25) is 0 Å². The monoisotopic (exact) mass is 189 g/mol. The van der Waals surface area contributed by atoms with Crippen molar-refractivity contribution >= 4 is 23.1 Å². The fourth-order valence-corrected chi connectivity index (χ4v) is 0.316. The normalized spacial score (nSPS) is 7.50. The quantitative estimate of drug-likeness (QED) is 0.341. The van der Waals surface area contributed by atoms with Gasteiger partial charge in [-0.15, -0.1) is 0 Å². The predicted molar refractivity (Wildman–Crippen MR) is 34.3 cm³/mol. The largest absolute Gasteiger partial charge is 2.00 e. The molecule has 0 fully saturated rings. The summed E-state index contributed by atoms with van der Waals surface area (Å²) >= 11 is 0. The van der Waals surface area contributed by atoms with Gasteiger partial charge in [-0.2, -0.15) is 6.42 Å². The Bertz CT molecular complexity index is 33.6. The van der Waals surface area contributed by atoms with Crippen LogP contribution in [0.3, 0.4) is 0 Å². The minimum Gasteiger partial charge on any atom is -1.00 e. The van der Waals surface area contributed by atoms with E-state index in [1.807, 2.05) is 14.1 Å². The molecule has 0 aromatic rings. The van der Waals surface area contributed by atoms with Gasteiger partial charge in [0.1, 0.15) is 0 Å². The maximum Gasteiger partial charge on any atom is 2.00 e. The summed E-state index contributed by atoms with van der Waals surface area (Å²) < 4.78 is 0. The van der Waals surface area contributed by atoms with Gasteiger partial charge in [-0.05, 0) is 20.6 Å². The third-order valence-corrected chi connectivity index (χ3v) is 0.605. The minimum absolute atomic E-state index is 0. The van der Waals surface area contributed by atoms with E-state index in [4.69, 9.17) is 0 Å². The summed E-state index contributed by atoms with van der Waals surface area (Å²) in [5.74, 6) is 0. The van der Waals surface area contributed by atoms with E-state index in [1.165, 1.54) is 0 Å². The van der Waals surface area contributed by atoms with Gasteiger partial charge in [0.15, 0.2) is 0 Å². The smallest absolute Gasteiger partial charge is 1.00 e. The van der Waals surface area contributed by atoms with Gasteiger partial charge in [0.25, 0.3) is 0 Å². The topological polar surface area (TPSA) is 3.24 Å². The Hall–Kier alpha value is 1.21. The minimum atomic E-state index is 0. The van der Waals surface area contributed by atoms with E-state index in [0.717, 1.165) is 13.0 Å². The van der Waals surface area contributed by atoms with Crippen LogP contribution in [0.1, 0.15) is 6.42 Å². The van der Waals surface area contributed by atoms with Crippen LogP contribution < -0.4 is 17.0 Å². The standard InChI is InChI=1S/C5H12N.BrH.Mg/c1-4-5-6(2)3;;/h1,4-5H2,2-3H3;1H;/q-1;;+2/p-1. The van der Waals surface area contributed by atoms with Crippen molar-refractivity contribution in [3.8, 4) is 0 Å². The molecular weight excluding hydrogens is 178 g/mol. The van der Waals surface area contributed by atoms with Crippen LogP contribution in [0, 0.1) is 6.92 Å². The molecule has 0 unspecified atom stereocenters. The van der Waals surface area contributed by atoms with E-state index < -0.39 is 0 Å². The molecule has 0 spiro atoms. The van der Waals surface area contributed by atoms with Crippen molar-refractivity contribution in [3.05, 3.63) is 6.92 Å². The van der Waals surface area contributed by atoms with Crippen LogP contribution in [0.15, 0.2) is 0 Å². The summed E-state index contributed by atoms with van der Waals surface area (Å²) in [5, 5.41) is 0. The van der Waals surface area contributed by atoms with Crippen molar-refractivity contribution in [3.63, 3.8) is 0 Å². The second kappa shape index (κ2) is 11.1. The average molecular weight is 190 g/mol. The van der Waals surface area contributed by atoms with Crippen LogP contribution in [0.25, 0.3) is 0 Å². The summed E-state index contributed by atoms with van der Waals surface area (Å²) in [4.78, 5) is 2.12. The number of halogens is 1. The fourth-order valence-electron chi connectivity index (χ4n) is 0.316. The molecule has 0 bridgehead atoms. The molecule has 1 nitrogen and oxygen atoms in total. The molecule has 0 heterocycles. The predicted octanol–water partition coefficient (Wildman–Crippen LogP) is -2.60. The molecule has 0 saturated carbocycles. The van der Waals surface area contributed by atoms with Crippen LogP contribution in [-0.4, -0.2) is 48.6 Å². The molecule has 0 aliphatic rings. The summed E-state index contributed by atoms with van der Waals surface area (Å²) in [6, 6.07) is 0. The van der Waals surface area contributed by atoms with Crippen molar-refractivity contribution in [2.45, 2.75) is 6.42 Å². The second-order valence-electron chi connectivity index (χ2n) is 1.66. The molecule has 0 aromatic carbocycles. The Morgan fingerprint density at radius 2 is 1.75 bits per heavy atom. The molecule has 0 aliphatic carbocycles. The Balaban J connectivity index is -0.000000125. The summed E-state index contributed by atoms with van der Waals surface area (Å²) in [7, 11) is 4.09. The molecule has 0 aromatic heterocycles. The van der Waals surface area contributed by atoms with Crippen LogP contribution in [0.5, 0.6) is 0 Å². The van der Waals surface area contributed by atoms with E-state index >= 15 is 0 Å². The Morgan fingerprint density at radius 1 is 1.38 bits per heavy atom. The van der Waals surface area contributed by atoms with Gasteiger partial charge in [-0.1, -0.05) is 0 Å². The van der Waals surface area contributed by atoms with E-state index in [-0.39, 0.29) is 40.0 Å². The van der Waals surface area contributed by atoms with E-state index in [1.54, 1.807) is 0 Å². The summed E-state index contributed by atoms with van der Waals surface area (Å²) in [6.07, 6.45) is 1.01. The zero-order valence-corrected chi connectivity index (χ0v) is 8.65. The first-order valence-electron chi connectivity index (χ1n) is 2.21. The van der Waals surface area contributed by atoms with Crippen LogP contribution in [0.2, 0.25) is 0 Å². The van der Waals surface area contributed by atoms with Crippen molar-refractivity contribution in [2.75, 3.05) is 20.6 Å². The molecule has 8 heavy (non-hydrogen) atoms. The molecule has 3 heteroatoms. The number of hydrogen-bond donors (Lipinski definition) is 0. The molecule has 0 atom stereocenters. The van der Waals surface area contributed by atoms with Crippen LogP contribution in [-0.2, 0) is 0 Å². The van der Waals surface area contributed by atoms with Gasteiger partial charge >= 0.3 is 23.1 Å². The molecule has 0 N–H and O–H groups in total. The maximum atomic E-state index is 3.68. The van der Waals surface area contributed by atoms with Crippen molar-refractivity contribution in [1.29, 1.82) is 0 Å². The molecule has 0 rings (SSSR count). The third-order valence-electron chi connectivity index (χ3n) is 0.605. The fraction of sp³-hybridized carbons (Fsp3) is 0.800. The number of hydrogen-bond acceptors (Lipinski definition) is 1. The first-order chi connectivity index (χ1) is 2.77. The van der Waals surface area contributed by atoms with E-state index in [2.05, 4.69) is 11.8 Å². The maximum absolute atomic E-state index is 3.68. The van der Waals surface area contributed by atoms with Gasteiger partial charge in [0, 0.05) is 0 Å². The molecular formula is C5H12BrMgN. The van der Waals surface area contributed by atoms with E-state index in [0.29, 0.717) is 0 Å². The van der Waals surface area contributed by atoms with Crippen molar-refractivity contribution in [2.24, 2.45) is 0 Å². The average Bonchev–Trinajstić information content (AvgIpc) is 1.35. The zero-order valence-electron chi connectivity index (χ0n) is 5.65. The molecule has 0 aliphatic heterocycles. The zero-order chi connectivity index (χ0) is 4.99. The van der Waals surface area contributed by atoms with Crippen LogP contribution in [0.4, 0.5) is 0 Å². The van der Waals surface area contributed by atoms with Crippen molar-refractivity contribution < 1.29 is 17.0 Å². The Kier molecular flexibility index (Phi) is 22.3. The first kappa shape index (κ1) is 16.1. The molecule has 0 amide bonds. The van der Waals surface area contributed by atoms with Crippen LogP contribution >= 0.6 is 0 Å². The first-order valence-corrected chi connectivity index (χ1v) is 2.21. The third kappa shape index (κ3) is 15.7. The number of nitrogens with zero attached hydrogens (tertiary/aromatic N) is 1. The molecule has 0 saturated heterocycles. The van der Waals surface area contributed by atoms with Gasteiger partial charge in [0.05, 0.1) is 0 Å². The summed E-state index contributed by atoms with van der Waals surface area (Å²) in [5.41, 5.74) is 0.